The lowest BCUT2D eigenvalue weighted by molar-refractivity contribution is -0.158. The number of Topliss-reactive ketones (excluding diaryl/α,β-unsaturated/α-hetero) is 1. The van der Waals surface area contributed by atoms with E-state index in [4.69, 9.17) is 4.74 Å². The highest BCUT2D eigenvalue weighted by molar-refractivity contribution is 6.04. The Hall–Kier alpha value is -1.43. The van der Waals surface area contributed by atoms with Gasteiger partial charge in [-0.3, -0.25) is 19.3 Å². The van der Waals surface area contributed by atoms with Gasteiger partial charge >= 0.3 is 5.97 Å². The predicted octanol–water partition coefficient (Wildman–Crippen LogP) is 0.355. The Morgan fingerprint density at radius 2 is 2.00 bits per heavy atom. The van der Waals surface area contributed by atoms with E-state index in [1.54, 1.807) is 39.5 Å². The first-order valence-electron chi connectivity index (χ1n) is 6.88. The highest BCUT2D eigenvalue weighted by atomic mass is 16.5. The molecule has 6 heteroatoms. The average Bonchev–Trinajstić information content (AvgIpc) is 2.35. The van der Waals surface area contributed by atoms with Crippen molar-refractivity contribution in [1.82, 2.24) is 10.2 Å². The third kappa shape index (κ3) is 3.17. The highest BCUT2D eigenvalue weighted by Gasteiger charge is 2.43. The summed E-state index contributed by atoms with van der Waals surface area (Å²) in [4.78, 5) is 37.8. The summed E-state index contributed by atoms with van der Waals surface area (Å²) in [5.41, 5.74) is -1.95. The minimum Gasteiger partial charge on any atom is -0.465 e. The van der Waals surface area contributed by atoms with Gasteiger partial charge in [-0.15, -0.1) is 0 Å². The topological polar surface area (TPSA) is 75.7 Å². The molecular weight excluding hydrogens is 260 g/mol. The van der Waals surface area contributed by atoms with Gasteiger partial charge in [0.25, 0.3) is 0 Å². The molecule has 1 aliphatic rings. The van der Waals surface area contributed by atoms with E-state index in [9.17, 15) is 14.4 Å². The van der Waals surface area contributed by atoms with Gasteiger partial charge in [0, 0.05) is 13.1 Å². The number of nitrogens with zero attached hydrogens (tertiary/aromatic N) is 1. The molecule has 6 nitrogen and oxygen atoms in total. The molecule has 1 heterocycles. The van der Waals surface area contributed by atoms with Gasteiger partial charge in [-0.1, -0.05) is 0 Å². The molecule has 20 heavy (non-hydrogen) atoms. The van der Waals surface area contributed by atoms with E-state index in [0.29, 0.717) is 13.1 Å². The Morgan fingerprint density at radius 3 is 2.55 bits per heavy atom. The standard InChI is InChI=1S/C14H24N2O4/c1-6-20-12(19)13(2,3)10(17)9-16-8-7-15-11(18)14(16,4)5/h6-9H2,1-5H3,(H,15,18). The number of ketones is 1. The fourth-order valence-electron chi connectivity index (χ4n) is 2.02. The number of ether oxygens (including phenoxy) is 1. The van der Waals surface area contributed by atoms with Crippen LogP contribution in [0.25, 0.3) is 0 Å². The van der Waals surface area contributed by atoms with E-state index in [2.05, 4.69) is 5.32 Å². The van der Waals surface area contributed by atoms with Crippen molar-refractivity contribution in [1.29, 1.82) is 0 Å². The second kappa shape index (κ2) is 5.91. The van der Waals surface area contributed by atoms with Crippen LogP contribution in [0.3, 0.4) is 0 Å². The number of amides is 1. The highest BCUT2D eigenvalue weighted by Crippen LogP contribution is 2.23. The quantitative estimate of drug-likeness (QED) is 0.582. The third-order valence-electron chi connectivity index (χ3n) is 3.83. The van der Waals surface area contributed by atoms with Crippen LogP contribution in [0.15, 0.2) is 0 Å². The van der Waals surface area contributed by atoms with Gasteiger partial charge in [-0.25, -0.2) is 0 Å². The first-order valence-corrected chi connectivity index (χ1v) is 6.88. The lowest BCUT2D eigenvalue weighted by atomic mass is 9.86. The van der Waals surface area contributed by atoms with E-state index >= 15 is 0 Å². The van der Waals surface area contributed by atoms with Crippen LogP contribution in [-0.2, 0) is 19.1 Å². The van der Waals surface area contributed by atoms with Crippen molar-refractivity contribution >= 4 is 17.7 Å². The molecule has 1 fully saturated rings. The molecule has 0 aromatic carbocycles. The van der Waals surface area contributed by atoms with E-state index in [1.807, 2.05) is 0 Å². The van der Waals surface area contributed by atoms with E-state index in [-0.39, 0.29) is 24.8 Å². The van der Waals surface area contributed by atoms with Crippen molar-refractivity contribution in [3.8, 4) is 0 Å². The number of esters is 1. The maximum absolute atomic E-state index is 12.4. The number of carbonyl (C=O) groups excluding carboxylic acids is 3. The minimum atomic E-state index is -1.19. The Bertz CT molecular complexity index is 415. The number of hydrogen-bond donors (Lipinski definition) is 1. The zero-order chi connectivity index (χ0) is 15.6. The zero-order valence-electron chi connectivity index (χ0n) is 12.9. The molecule has 1 N–H and O–H groups in total. The van der Waals surface area contributed by atoms with Crippen LogP contribution in [0, 0.1) is 5.41 Å². The summed E-state index contributed by atoms with van der Waals surface area (Å²) in [6.45, 7) is 9.77. The number of hydrogen-bond acceptors (Lipinski definition) is 5. The van der Waals surface area contributed by atoms with Crippen LogP contribution in [0.2, 0.25) is 0 Å². The zero-order valence-corrected chi connectivity index (χ0v) is 12.9. The molecule has 0 spiro atoms. The van der Waals surface area contributed by atoms with Crippen LogP contribution in [0.5, 0.6) is 0 Å². The molecule has 0 atom stereocenters. The second-order valence-corrected chi connectivity index (χ2v) is 6.01. The average molecular weight is 284 g/mol. The molecule has 1 amide bonds. The van der Waals surface area contributed by atoms with Gasteiger partial charge < -0.3 is 10.1 Å². The molecule has 0 radical (unpaired) electrons. The number of carbonyl (C=O) groups is 3. The van der Waals surface area contributed by atoms with Crippen molar-refractivity contribution in [2.75, 3.05) is 26.2 Å². The molecule has 0 unspecified atom stereocenters. The first kappa shape index (κ1) is 16.6. The molecule has 0 aromatic heterocycles. The van der Waals surface area contributed by atoms with Gasteiger partial charge in [-0.05, 0) is 34.6 Å². The third-order valence-corrected chi connectivity index (χ3v) is 3.83. The normalized spacial score (nSPS) is 19.4. The molecule has 1 aliphatic heterocycles. The summed E-state index contributed by atoms with van der Waals surface area (Å²) in [5.74, 6) is -0.867. The van der Waals surface area contributed by atoms with E-state index in [0.717, 1.165) is 0 Å². The van der Waals surface area contributed by atoms with Crippen LogP contribution in [-0.4, -0.2) is 54.3 Å². The maximum atomic E-state index is 12.4. The molecule has 0 saturated carbocycles. The molecule has 0 aliphatic carbocycles. The number of rotatable bonds is 5. The number of nitrogens with one attached hydrogen (secondary N) is 1. The van der Waals surface area contributed by atoms with Crippen molar-refractivity contribution in [3.05, 3.63) is 0 Å². The fourth-order valence-corrected chi connectivity index (χ4v) is 2.02. The minimum absolute atomic E-state index is 0.0617. The summed E-state index contributed by atoms with van der Waals surface area (Å²) in [7, 11) is 0. The Labute approximate surface area is 119 Å². The van der Waals surface area contributed by atoms with Crippen molar-refractivity contribution in [2.24, 2.45) is 5.41 Å². The smallest absolute Gasteiger partial charge is 0.319 e. The second-order valence-electron chi connectivity index (χ2n) is 6.01. The Kier molecular flexibility index (Phi) is 4.91. The summed E-state index contributed by atoms with van der Waals surface area (Å²) in [6, 6.07) is 0. The van der Waals surface area contributed by atoms with Gasteiger partial charge in [0.1, 0.15) is 5.41 Å². The van der Waals surface area contributed by atoms with Gasteiger partial charge in [0.05, 0.1) is 18.7 Å². The Morgan fingerprint density at radius 1 is 1.40 bits per heavy atom. The SMILES string of the molecule is CCOC(=O)C(C)(C)C(=O)CN1CCNC(=O)C1(C)C. The molecule has 0 aromatic rings. The lowest BCUT2D eigenvalue weighted by Crippen LogP contribution is -2.63. The summed E-state index contributed by atoms with van der Waals surface area (Å²) in [6.07, 6.45) is 0. The van der Waals surface area contributed by atoms with Crippen LogP contribution < -0.4 is 5.32 Å². The van der Waals surface area contributed by atoms with E-state index in [1.165, 1.54) is 0 Å². The lowest BCUT2D eigenvalue weighted by Gasteiger charge is -2.41. The monoisotopic (exact) mass is 284 g/mol. The largest absolute Gasteiger partial charge is 0.465 e. The van der Waals surface area contributed by atoms with Gasteiger partial charge in [-0.2, -0.15) is 0 Å². The van der Waals surface area contributed by atoms with Crippen molar-refractivity contribution in [2.45, 2.75) is 40.2 Å². The summed E-state index contributed by atoms with van der Waals surface area (Å²) < 4.78 is 4.93. The molecule has 1 saturated heterocycles. The fraction of sp³-hybridized carbons (Fsp3) is 0.786. The molecule has 1 rings (SSSR count). The van der Waals surface area contributed by atoms with Crippen molar-refractivity contribution < 1.29 is 19.1 Å². The molecule has 114 valence electrons. The van der Waals surface area contributed by atoms with Gasteiger partial charge in [0.15, 0.2) is 5.78 Å². The maximum Gasteiger partial charge on any atom is 0.319 e. The summed E-state index contributed by atoms with van der Waals surface area (Å²) in [5, 5.41) is 2.77. The summed E-state index contributed by atoms with van der Waals surface area (Å²) >= 11 is 0. The van der Waals surface area contributed by atoms with Gasteiger partial charge in [0.2, 0.25) is 5.91 Å². The van der Waals surface area contributed by atoms with E-state index < -0.39 is 16.9 Å². The Balaban J connectivity index is 2.79. The molecule has 0 bridgehead atoms. The van der Waals surface area contributed by atoms with Crippen LogP contribution in [0.1, 0.15) is 34.6 Å². The molecular formula is C14H24N2O4. The predicted molar refractivity (Wildman–Crippen MR) is 74.1 cm³/mol. The van der Waals surface area contributed by atoms with Crippen molar-refractivity contribution in [3.63, 3.8) is 0 Å². The number of piperazine rings is 1. The van der Waals surface area contributed by atoms with Crippen LogP contribution in [0.4, 0.5) is 0 Å². The first-order chi connectivity index (χ1) is 9.14. The van der Waals surface area contributed by atoms with Crippen LogP contribution >= 0.6 is 0 Å².